The van der Waals surface area contributed by atoms with Gasteiger partial charge in [0.15, 0.2) is 0 Å². The van der Waals surface area contributed by atoms with Crippen LogP contribution in [0.3, 0.4) is 0 Å². The van der Waals surface area contributed by atoms with Crippen molar-refractivity contribution in [1.29, 1.82) is 0 Å². The van der Waals surface area contributed by atoms with Crippen LogP contribution in [0.2, 0.25) is 0 Å². The largest absolute Gasteiger partial charge is 0.373 e. The Balaban J connectivity index is 1.52. The van der Waals surface area contributed by atoms with Gasteiger partial charge in [-0.2, -0.15) is 11.3 Å². The molecule has 1 unspecified atom stereocenters. The zero-order valence-corrected chi connectivity index (χ0v) is 12.8. The smallest absolute Gasteiger partial charge is 0.0723 e. The molecule has 0 bridgehead atoms. The topological polar surface area (TPSA) is 15.7 Å². The van der Waals surface area contributed by atoms with Crippen molar-refractivity contribution in [3.8, 4) is 0 Å². The molecule has 1 atom stereocenters. The molecule has 2 saturated heterocycles. The third-order valence-electron chi connectivity index (χ3n) is 4.67. The van der Waals surface area contributed by atoms with Crippen molar-refractivity contribution in [3.05, 3.63) is 22.4 Å². The van der Waals surface area contributed by atoms with Crippen molar-refractivity contribution in [2.24, 2.45) is 0 Å². The van der Waals surface area contributed by atoms with Gasteiger partial charge < -0.3 is 9.64 Å². The highest BCUT2D eigenvalue weighted by atomic mass is 32.1. The summed E-state index contributed by atoms with van der Waals surface area (Å²) in [6.07, 6.45) is 3.61. The molecule has 2 aliphatic rings. The summed E-state index contributed by atoms with van der Waals surface area (Å²) >= 11 is 1.79. The fourth-order valence-electron chi connectivity index (χ4n) is 3.26. The lowest BCUT2D eigenvalue weighted by Crippen LogP contribution is -2.44. The van der Waals surface area contributed by atoms with Crippen LogP contribution in [0.25, 0.3) is 0 Å². The lowest BCUT2D eigenvalue weighted by molar-refractivity contribution is -0.0451. The van der Waals surface area contributed by atoms with Crippen molar-refractivity contribution < 1.29 is 4.74 Å². The zero-order chi connectivity index (χ0) is 13.3. The van der Waals surface area contributed by atoms with Crippen molar-refractivity contribution in [1.82, 2.24) is 9.80 Å². The van der Waals surface area contributed by atoms with Gasteiger partial charge in [-0.1, -0.05) is 0 Å². The average molecular weight is 280 g/mol. The van der Waals surface area contributed by atoms with E-state index in [1.165, 1.54) is 37.9 Å². The summed E-state index contributed by atoms with van der Waals surface area (Å²) in [5.41, 5.74) is 1.64. The lowest BCUT2D eigenvalue weighted by atomic mass is 9.87. The number of thiophene rings is 1. The molecule has 3 nitrogen and oxygen atoms in total. The first-order chi connectivity index (χ1) is 9.17. The second-order valence-electron chi connectivity index (χ2n) is 6.22. The van der Waals surface area contributed by atoms with Gasteiger partial charge in [-0.3, -0.25) is 4.90 Å². The Labute approximate surface area is 120 Å². The summed E-state index contributed by atoms with van der Waals surface area (Å²) in [7, 11) is 4.33. The van der Waals surface area contributed by atoms with Crippen LogP contribution in [0.15, 0.2) is 16.8 Å². The van der Waals surface area contributed by atoms with E-state index >= 15 is 0 Å². The second kappa shape index (κ2) is 5.52. The van der Waals surface area contributed by atoms with Crippen molar-refractivity contribution in [2.75, 3.05) is 33.8 Å². The molecule has 2 fully saturated rings. The Morgan fingerprint density at radius 1 is 1.42 bits per heavy atom. The van der Waals surface area contributed by atoms with E-state index in [-0.39, 0.29) is 5.60 Å². The maximum atomic E-state index is 6.17. The summed E-state index contributed by atoms with van der Waals surface area (Å²) in [6, 6.07) is 2.85. The number of rotatable bonds is 3. The van der Waals surface area contributed by atoms with E-state index in [4.69, 9.17) is 4.74 Å². The van der Waals surface area contributed by atoms with Crippen molar-refractivity contribution in [3.63, 3.8) is 0 Å². The molecule has 0 radical (unpaired) electrons. The number of hydrogen-bond donors (Lipinski definition) is 0. The molecular weight excluding hydrogens is 256 g/mol. The highest BCUT2D eigenvalue weighted by Crippen LogP contribution is 2.37. The summed E-state index contributed by atoms with van der Waals surface area (Å²) in [5, 5.41) is 4.43. The van der Waals surface area contributed by atoms with Gasteiger partial charge in [-0.05, 0) is 55.7 Å². The predicted molar refractivity (Wildman–Crippen MR) is 79.6 cm³/mol. The minimum absolute atomic E-state index is 0.181. The quantitative estimate of drug-likeness (QED) is 0.846. The normalized spacial score (nSPS) is 27.4. The third kappa shape index (κ3) is 3.02. The first-order valence-electron chi connectivity index (χ1n) is 7.21. The van der Waals surface area contributed by atoms with E-state index in [0.717, 1.165) is 13.2 Å². The van der Waals surface area contributed by atoms with Crippen LogP contribution in [0.1, 0.15) is 24.8 Å². The van der Waals surface area contributed by atoms with Gasteiger partial charge in [-0.25, -0.2) is 0 Å². The Morgan fingerprint density at radius 3 is 2.79 bits per heavy atom. The van der Waals surface area contributed by atoms with Gasteiger partial charge in [-0.15, -0.1) is 0 Å². The standard InChI is InChI=1S/C15H24N2OS/c1-16(2)14-9-15(18-11-14)4-6-17(7-5-15)10-13-3-8-19-12-13/h3,8,12,14H,4-7,9-11H2,1-2H3. The second-order valence-corrected chi connectivity index (χ2v) is 7.00. The van der Waals surface area contributed by atoms with Gasteiger partial charge in [0.1, 0.15) is 0 Å². The van der Waals surface area contributed by atoms with Crippen LogP contribution in [0, 0.1) is 0 Å². The summed E-state index contributed by atoms with van der Waals surface area (Å²) in [5.74, 6) is 0. The first kappa shape index (κ1) is 13.6. The fraction of sp³-hybridized carbons (Fsp3) is 0.733. The molecule has 3 rings (SSSR count). The summed E-state index contributed by atoms with van der Waals surface area (Å²) in [4.78, 5) is 4.88. The fourth-order valence-corrected chi connectivity index (χ4v) is 3.92. The summed E-state index contributed by atoms with van der Waals surface area (Å²) in [6.45, 7) is 4.38. The zero-order valence-electron chi connectivity index (χ0n) is 12.0. The minimum atomic E-state index is 0.181. The molecule has 4 heteroatoms. The number of hydrogen-bond acceptors (Lipinski definition) is 4. The van der Waals surface area contributed by atoms with Crippen LogP contribution < -0.4 is 0 Å². The van der Waals surface area contributed by atoms with Crippen LogP contribution in [0.4, 0.5) is 0 Å². The van der Waals surface area contributed by atoms with Crippen LogP contribution in [-0.4, -0.2) is 55.2 Å². The minimum Gasteiger partial charge on any atom is -0.373 e. The third-order valence-corrected chi connectivity index (χ3v) is 5.41. The highest BCUT2D eigenvalue weighted by molar-refractivity contribution is 7.07. The van der Waals surface area contributed by atoms with E-state index in [9.17, 15) is 0 Å². The van der Waals surface area contributed by atoms with Gasteiger partial charge in [0.05, 0.1) is 12.2 Å². The van der Waals surface area contributed by atoms with Crippen LogP contribution >= 0.6 is 11.3 Å². The number of likely N-dealkylation sites (N-methyl/N-ethyl adjacent to an activating group) is 1. The molecule has 0 aromatic carbocycles. The molecule has 3 heterocycles. The van der Waals surface area contributed by atoms with Gasteiger partial charge >= 0.3 is 0 Å². The van der Waals surface area contributed by atoms with Crippen LogP contribution in [-0.2, 0) is 11.3 Å². The molecule has 0 saturated carbocycles. The maximum absolute atomic E-state index is 6.17. The summed E-state index contributed by atoms with van der Waals surface area (Å²) < 4.78 is 6.17. The Kier molecular flexibility index (Phi) is 3.94. The molecule has 19 heavy (non-hydrogen) atoms. The van der Waals surface area contributed by atoms with E-state index in [1.807, 2.05) is 0 Å². The van der Waals surface area contributed by atoms with Gasteiger partial charge in [0.2, 0.25) is 0 Å². The number of piperidine rings is 1. The van der Waals surface area contributed by atoms with Crippen molar-refractivity contribution >= 4 is 11.3 Å². The van der Waals surface area contributed by atoms with Gasteiger partial charge in [0.25, 0.3) is 0 Å². The monoisotopic (exact) mass is 280 g/mol. The molecule has 106 valence electrons. The Bertz CT molecular complexity index is 396. The van der Waals surface area contributed by atoms with E-state index in [0.29, 0.717) is 6.04 Å². The predicted octanol–water partition coefficient (Wildman–Crippen LogP) is 2.43. The van der Waals surface area contributed by atoms with Gasteiger partial charge in [0, 0.05) is 25.7 Å². The molecular formula is C15H24N2OS. The number of ether oxygens (including phenoxy) is 1. The maximum Gasteiger partial charge on any atom is 0.0723 e. The van der Waals surface area contributed by atoms with E-state index < -0.39 is 0 Å². The molecule has 2 aliphatic heterocycles. The molecule has 0 N–H and O–H groups in total. The Hall–Kier alpha value is -0.420. The van der Waals surface area contributed by atoms with E-state index in [1.54, 1.807) is 11.3 Å². The number of likely N-dealkylation sites (tertiary alicyclic amines) is 1. The van der Waals surface area contributed by atoms with Crippen molar-refractivity contribution in [2.45, 2.75) is 37.5 Å². The molecule has 1 aromatic rings. The highest BCUT2D eigenvalue weighted by Gasteiger charge is 2.43. The average Bonchev–Trinajstić information content (AvgIpc) is 3.03. The molecule has 0 aliphatic carbocycles. The Morgan fingerprint density at radius 2 is 2.21 bits per heavy atom. The molecule has 1 aromatic heterocycles. The van der Waals surface area contributed by atoms with E-state index in [2.05, 4.69) is 40.7 Å². The first-order valence-corrected chi connectivity index (χ1v) is 8.15. The molecule has 0 amide bonds. The SMILES string of the molecule is CN(C)C1COC2(CCN(Cc3ccsc3)CC2)C1. The lowest BCUT2D eigenvalue weighted by Gasteiger charge is -2.38. The van der Waals surface area contributed by atoms with Crippen LogP contribution in [0.5, 0.6) is 0 Å². The molecule has 1 spiro atoms. The number of nitrogens with zero attached hydrogens (tertiary/aromatic N) is 2.